The molecule has 0 aliphatic rings. The zero-order valence-electron chi connectivity index (χ0n) is 18.2. The third kappa shape index (κ3) is 6.53. The van der Waals surface area contributed by atoms with Gasteiger partial charge in [-0.15, -0.1) is 0 Å². The van der Waals surface area contributed by atoms with Gasteiger partial charge in [-0.25, -0.2) is 14.6 Å². The molecule has 0 aliphatic carbocycles. The minimum atomic E-state index is -4.50. The molecule has 2 aromatic heterocycles. The molecule has 1 aromatic carbocycles. The fourth-order valence-corrected chi connectivity index (χ4v) is 3.16. The number of anilines is 1. The Hall–Kier alpha value is -3.96. The fourth-order valence-electron chi connectivity index (χ4n) is 3.16. The number of carboxylic acid groups (broad SMARTS) is 1. The number of aliphatic carboxylic acids is 1. The summed E-state index contributed by atoms with van der Waals surface area (Å²) in [6.45, 7) is 2.07. The third-order valence-corrected chi connectivity index (χ3v) is 4.87. The highest BCUT2D eigenvalue weighted by Crippen LogP contribution is 2.29. The Labute approximate surface area is 193 Å². The minimum Gasteiger partial charge on any atom is -0.481 e. The number of benzene rings is 1. The molecule has 3 aromatic rings. The molecule has 34 heavy (non-hydrogen) atoms. The van der Waals surface area contributed by atoms with Crippen molar-refractivity contribution in [3.63, 3.8) is 0 Å². The first-order valence-corrected chi connectivity index (χ1v) is 10.5. The summed E-state index contributed by atoms with van der Waals surface area (Å²) < 4.78 is 39.2. The molecule has 12 heteroatoms. The van der Waals surface area contributed by atoms with Crippen LogP contribution in [0.3, 0.4) is 0 Å². The van der Waals surface area contributed by atoms with E-state index in [0.717, 1.165) is 29.3 Å². The Morgan fingerprint density at radius 3 is 2.35 bits per heavy atom. The highest BCUT2D eigenvalue weighted by molar-refractivity contribution is 5.94. The first-order valence-electron chi connectivity index (χ1n) is 10.5. The van der Waals surface area contributed by atoms with Gasteiger partial charge in [0.15, 0.2) is 0 Å². The number of hydrogen-bond donors (Lipinski definition) is 3. The molecule has 0 fully saturated rings. The van der Waals surface area contributed by atoms with E-state index in [4.69, 9.17) is 5.11 Å². The lowest BCUT2D eigenvalue weighted by molar-refractivity contribution is -0.138. The number of carbonyl (C=O) groups is 2. The van der Waals surface area contributed by atoms with Crippen molar-refractivity contribution in [2.45, 2.75) is 38.4 Å². The van der Waals surface area contributed by atoms with E-state index in [0.29, 0.717) is 17.4 Å². The highest BCUT2D eigenvalue weighted by atomic mass is 19.4. The van der Waals surface area contributed by atoms with Gasteiger partial charge >= 0.3 is 12.1 Å². The number of hydrogen-bond acceptors (Lipinski definition) is 6. The molecule has 0 radical (unpaired) electrons. The molecule has 0 spiro atoms. The Balaban J connectivity index is 1.67. The Bertz CT molecular complexity index is 1110. The van der Waals surface area contributed by atoms with E-state index in [1.54, 1.807) is 24.3 Å². The van der Waals surface area contributed by atoms with Crippen LogP contribution in [0.4, 0.5) is 18.9 Å². The Morgan fingerprint density at radius 1 is 1.12 bits per heavy atom. The van der Waals surface area contributed by atoms with Gasteiger partial charge < -0.3 is 15.7 Å². The lowest BCUT2D eigenvalue weighted by Gasteiger charge is -2.20. The van der Waals surface area contributed by atoms with E-state index in [1.807, 2.05) is 6.92 Å². The third-order valence-electron chi connectivity index (χ3n) is 4.87. The molecule has 9 nitrogen and oxygen atoms in total. The van der Waals surface area contributed by atoms with Crippen LogP contribution in [0.5, 0.6) is 0 Å². The normalized spacial score (nSPS) is 12.2. The number of nitrogens with one attached hydrogen (secondary N) is 2. The lowest BCUT2D eigenvalue weighted by atomic mass is 10.0. The van der Waals surface area contributed by atoms with Crippen LogP contribution in [-0.2, 0) is 11.0 Å². The maximum Gasteiger partial charge on any atom is 0.419 e. The lowest BCUT2D eigenvalue weighted by Crippen LogP contribution is -2.26. The van der Waals surface area contributed by atoms with Gasteiger partial charge in [0, 0.05) is 18.3 Å². The summed E-state index contributed by atoms with van der Waals surface area (Å²) in [6.07, 6.45) is 1.43. The van der Waals surface area contributed by atoms with Gasteiger partial charge in [-0.05, 0) is 24.1 Å². The molecule has 0 saturated heterocycles. The van der Waals surface area contributed by atoms with Gasteiger partial charge in [0.2, 0.25) is 0 Å². The number of halogens is 3. The van der Waals surface area contributed by atoms with Gasteiger partial charge in [0.05, 0.1) is 42.3 Å². The molecular weight excluding hydrogens is 453 g/mol. The molecule has 0 aliphatic heterocycles. The van der Waals surface area contributed by atoms with E-state index >= 15 is 0 Å². The second-order valence-electron chi connectivity index (χ2n) is 7.45. The number of carboxylic acids is 1. The van der Waals surface area contributed by atoms with Gasteiger partial charge in [-0.2, -0.15) is 18.3 Å². The fraction of sp³-hybridized carbons (Fsp3) is 0.318. The predicted molar refractivity (Wildman–Crippen MR) is 116 cm³/mol. The first-order chi connectivity index (χ1) is 16.2. The van der Waals surface area contributed by atoms with Crippen LogP contribution in [0.1, 0.15) is 53.7 Å². The van der Waals surface area contributed by atoms with Crippen LogP contribution in [0.2, 0.25) is 0 Å². The average Bonchev–Trinajstić information content (AvgIpc) is 3.30. The molecule has 2 heterocycles. The van der Waals surface area contributed by atoms with Gasteiger partial charge in [0.1, 0.15) is 0 Å². The summed E-state index contributed by atoms with van der Waals surface area (Å²) >= 11 is 0. The van der Waals surface area contributed by atoms with Crippen molar-refractivity contribution in [2.75, 3.05) is 11.9 Å². The zero-order valence-corrected chi connectivity index (χ0v) is 18.2. The summed E-state index contributed by atoms with van der Waals surface area (Å²) in [5.41, 5.74) is 1.01. The van der Waals surface area contributed by atoms with Gasteiger partial charge in [-0.1, -0.05) is 25.5 Å². The molecule has 1 amide bonds. The number of aromatic nitrogens is 4. The molecular formula is C22H23F3N6O3. The smallest absolute Gasteiger partial charge is 0.419 e. The summed E-state index contributed by atoms with van der Waals surface area (Å²) in [7, 11) is 0. The van der Waals surface area contributed by atoms with E-state index < -0.39 is 17.7 Å². The van der Waals surface area contributed by atoms with Crippen molar-refractivity contribution in [3.05, 3.63) is 65.7 Å². The van der Waals surface area contributed by atoms with E-state index in [1.165, 1.54) is 12.4 Å². The summed E-state index contributed by atoms with van der Waals surface area (Å²) in [6, 6.07) is 6.80. The second-order valence-corrected chi connectivity index (χ2v) is 7.45. The van der Waals surface area contributed by atoms with Crippen LogP contribution in [0.15, 0.2) is 49.1 Å². The summed E-state index contributed by atoms with van der Waals surface area (Å²) in [5, 5.41) is 18.2. The van der Waals surface area contributed by atoms with Crippen LogP contribution in [0.25, 0.3) is 5.95 Å². The van der Waals surface area contributed by atoms with Crippen LogP contribution >= 0.6 is 0 Å². The van der Waals surface area contributed by atoms with Crippen LogP contribution in [0, 0.1) is 0 Å². The number of carbonyl (C=O) groups excluding carboxylic acids is 1. The highest BCUT2D eigenvalue weighted by Gasteiger charge is 2.32. The van der Waals surface area contributed by atoms with Crippen molar-refractivity contribution in [1.82, 2.24) is 25.1 Å². The van der Waals surface area contributed by atoms with Crippen molar-refractivity contribution < 1.29 is 27.9 Å². The molecule has 0 saturated carbocycles. The second kappa shape index (κ2) is 10.8. The van der Waals surface area contributed by atoms with Crippen molar-refractivity contribution >= 4 is 17.6 Å². The maximum absolute atomic E-state index is 12.8. The van der Waals surface area contributed by atoms with Crippen molar-refractivity contribution in [2.24, 2.45) is 0 Å². The van der Waals surface area contributed by atoms with E-state index in [9.17, 15) is 22.8 Å². The summed E-state index contributed by atoms with van der Waals surface area (Å²) in [4.78, 5) is 30.9. The maximum atomic E-state index is 12.8. The van der Waals surface area contributed by atoms with Crippen LogP contribution < -0.4 is 10.6 Å². The number of amides is 1. The number of nitrogens with zero attached hydrogens (tertiary/aromatic N) is 4. The van der Waals surface area contributed by atoms with Crippen LogP contribution in [-0.4, -0.2) is 43.3 Å². The monoisotopic (exact) mass is 476 g/mol. The van der Waals surface area contributed by atoms with E-state index in [-0.39, 0.29) is 30.9 Å². The topological polar surface area (TPSA) is 122 Å². The standard InChI is InChI=1S/C22H23F3N6O3/c1-2-3-18(14-4-6-15(7-5-14)20(34)26-9-8-19(32)33)30-17-11-27-21(28-12-17)31-13-16(10-29-31)22(23,24)25/h4-7,10-13,18,30H,2-3,8-9H2,1H3,(H,26,34)(H,32,33)/t18-/m1/s1. The number of rotatable bonds is 10. The molecule has 0 bridgehead atoms. The summed E-state index contributed by atoms with van der Waals surface area (Å²) in [5.74, 6) is -1.34. The molecule has 3 rings (SSSR count). The molecule has 0 unspecified atom stereocenters. The molecule has 1 atom stereocenters. The zero-order chi connectivity index (χ0) is 24.7. The molecule has 180 valence electrons. The Morgan fingerprint density at radius 2 is 1.79 bits per heavy atom. The van der Waals surface area contributed by atoms with E-state index in [2.05, 4.69) is 25.7 Å². The minimum absolute atomic E-state index is 0.00588. The predicted octanol–water partition coefficient (Wildman–Crippen LogP) is 3.84. The molecule has 3 N–H and O–H groups in total. The SMILES string of the molecule is CCC[C@@H](Nc1cnc(-n2cc(C(F)(F)F)cn2)nc1)c1ccc(C(=O)NCCC(=O)O)cc1. The van der Waals surface area contributed by atoms with Gasteiger partial charge in [-0.3, -0.25) is 9.59 Å². The number of alkyl halides is 3. The van der Waals surface area contributed by atoms with Crippen molar-refractivity contribution in [1.29, 1.82) is 0 Å². The quantitative estimate of drug-likeness (QED) is 0.406. The average molecular weight is 476 g/mol. The Kier molecular flexibility index (Phi) is 7.82. The van der Waals surface area contributed by atoms with Crippen molar-refractivity contribution in [3.8, 4) is 5.95 Å². The largest absolute Gasteiger partial charge is 0.481 e. The first kappa shape index (κ1) is 24.7. The van der Waals surface area contributed by atoms with Gasteiger partial charge in [0.25, 0.3) is 11.9 Å².